The first-order valence-electron chi connectivity index (χ1n) is 5.96. The monoisotopic (exact) mass is 217 g/mol. The highest BCUT2D eigenvalue weighted by molar-refractivity contribution is 5.93. The predicted molar refractivity (Wildman–Crippen MR) is 62.7 cm³/mol. The van der Waals surface area contributed by atoms with Gasteiger partial charge in [0.15, 0.2) is 0 Å². The summed E-state index contributed by atoms with van der Waals surface area (Å²) in [6.07, 6.45) is 9.91. The van der Waals surface area contributed by atoms with Gasteiger partial charge in [-0.3, -0.25) is 9.69 Å². The molecule has 1 amide bonds. The van der Waals surface area contributed by atoms with Crippen molar-refractivity contribution in [1.29, 1.82) is 0 Å². The van der Waals surface area contributed by atoms with E-state index < -0.39 is 0 Å². The predicted octanol–water partition coefficient (Wildman–Crippen LogP) is 0.992. The van der Waals surface area contributed by atoms with Crippen LogP contribution in [0.3, 0.4) is 0 Å². The Morgan fingerprint density at radius 3 is 2.75 bits per heavy atom. The highest BCUT2D eigenvalue weighted by atomic mass is 16.2. The van der Waals surface area contributed by atoms with Crippen molar-refractivity contribution < 1.29 is 4.79 Å². The van der Waals surface area contributed by atoms with E-state index in [1.807, 2.05) is 24.3 Å². The minimum atomic E-state index is 0.251. The molecule has 2 atom stereocenters. The van der Waals surface area contributed by atoms with Crippen LogP contribution in [0.25, 0.3) is 0 Å². The number of amides is 1. The summed E-state index contributed by atoms with van der Waals surface area (Å²) in [5, 5.41) is 0. The van der Waals surface area contributed by atoms with Gasteiger partial charge in [0.1, 0.15) is 0 Å². The van der Waals surface area contributed by atoms with Gasteiger partial charge in [0.2, 0.25) is 5.91 Å². The molecule has 2 bridgehead atoms. The van der Waals surface area contributed by atoms with Crippen LogP contribution < -0.4 is 0 Å². The van der Waals surface area contributed by atoms with Gasteiger partial charge in [-0.05, 0) is 19.9 Å². The Hall–Kier alpha value is -1.09. The van der Waals surface area contributed by atoms with Crippen molar-refractivity contribution in [3.8, 4) is 0 Å². The lowest BCUT2D eigenvalue weighted by molar-refractivity contribution is -0.130. The average Bonchev–Trinajstić information content (AvgIpc) is 2.88. The number of fused-ring (bicyclic) bond motifs is 2. The van der Waals surface area contributed by atoms with Gasteiger partial charge in [-0.15, -0.1) is 0 Å². The van der Waals surface area contributed by atoms with Crippen LogP contribution in [0.1, 0.15) is 12.8 Å². The van der Waals surface area contributed by atoms with Crippen molar-refractivity contribution in [3.05, 3.63) is 30.2 Å². The minimum Gasteiger partial charge on any atom is -0.336 e. The summed E-state index contributed by atoms with van der Waals surface area (Å²) >= 11 is 0. The number of nitrogens with zero attached hydrogens (tertiary/aromatic N) is 2. The lowest BCUT2D eigenvalue weighted by Crippen LogP contribution is -2.48. The maximum atomic E-state index is 12.3. The van der Waals surface area contributed by atoms with E-state index in [0.29, 0.717) is 12.1 Å². The summed E-state index contributed by atoms with van der Waals surface area (Å²) in [4.78, 5) is 16.7. The van der Waals surface area contributed by atoms with Crippen LogP contribution >= 0.6 is 0 Å². The fourth-order valence-electron chi connectivity index (χ4n) is 2.97. The molecule has 3 aliphatic rings. The molecule has 2 aliphatic heterocycles. The third-order valence-corrected chi connectivity index (χ3v) is 3.93. The molecule has 1 aliphatic carbocycles. The molecular weight excluding hydrogens is 200 g/mol. The van der Waals surface area contributed by atoms with E-state index >= 15 is 0 Å². The zero-order valence-electron chi connectivity index (χ0n) is 9.60. The number of hydrogen-bond donors (Lipinski definition) is 0. The zero-order chi connectivity index (χ0) is 11.1. The number of likely N-dealkylation sites (tertiary alicyclic amines) is 2. The summed E-state index contributed by atoms with van der Waals surface area (Å²) in [5.74, 6) is 1.19. The second-order valence-corrected chi connectivity index (χ2v) is 4.96. The number of rotatable bonds is 1. The molecule has 0 aromatic rings. The molecule has 0 N–H and O–H groups in total. The SMILES string of the molecule is CN1CC2CC1CN2C(=O)[C]1C=CC=CC1. The van der Waals surface area contributed by atoms with Crippen LogP contribution in [0.5, 0.6) is 0 Å². The van der Waals surface area contributed by atoms with Crippen LogP contribution in [0.2, 0.25) is 0 Å². The van der Waals surface area contributed by atoms with Crippen molar-refractivity contribution in [1.82, 2.24) is 9.80 Å². The van der Waals surface area contributed by atoms with Crippen LogP contribution in [-0.4, -0.2) is 47.9 Å². The number of carbonyl (C=O) groups is 1. The summed E-state index contributed by atoms with van der Waals surface area (Å²) < 4.78 is 0. The molecule has 0 aromatic carbocycles. The van der Waals surface area contributed by atoms with Crippen LogP contribution in [0.4, 0.5) is 0 Å². The summed E-state index contributed by atoms with van der Waals surface area (Å²) in [7, 11) is 2.16. The molecule has 2 saturated heterocycles. The third-order valence-electron chi connectivity index (χ3n) is 3.93. The molecule has 2 heterocycles. The number of hydrogen-bond acceptors (Lipinski definition) is 2. The van der Waals surface area contributed by atoms with Gasteiger partial charge in [0.25, 0.3) is 0 Å². The lowest BCUT2D eigenvalue weighted by Gasteiger charge is -2.33. The van der Waals surface area contributed by atoms with Crippen LogP contribution in [0, 0.1) is 5.92 Å². The maximum absolute atomic E-state index is 12.3. The standard InChI is InChI=1S/C13H17N2O/c1-14-8-12-7-11(14)9-15(12)13(16)10-5-3-2-4-6-10/h2-5,11-12H,6-9H2,1H3. The fraction of sp³-hybridized carbons (Fsp3) is 0.538. The van der Waals surface area contributed by atoms with E-state index in [9.17, 15) is 4.79 Å². The Balaban J connectivity index is 1.69. The van der Waals surface area contributed by atoms with E-state index in [4.69, 9.17) is 0 Å². The van der Waals surface area contributed by atoms with E-state index in [0.717, 1.165) is 31.8 Å². The second kappa shape index (κ2) is 3.74. The van der Waals surface area contributed by atoms with Crippen molar-refractivity contribution >= 4 is 5.91 Å². The van der Waals surface area contributed by atoms with Crippen LogP contribution in [0.15, 0.2) is 24.3 Å². The molecule has 16 heavy (non-hydrogen) atoms. The van der Waals surface area contributed by atoms with E-state index in [1.165, 1.54) is 0 Å². The quantitative estimate of drug-likeness (QED) is 0.654. The molecule has 3 rings (SSSR count). The van der Waals surface area contributed by atoms with E-state index in [-0.39, 0.29) is 5.91 Å². The smallest absolute Gasteiger partial charge is 0.234 e. The lowest BCUT2D eigenvalue weighted by atomic mass is 9.99. The fourth-order valence-corrected chi connectivity index (χ4v) is 2.97. The Bertz CT molecular complexity index is 359. The molecule has 3 heteroatoms. The minimum absolute atomic E-state index is 0.251. The number of carbonyl (C=O) groups excluding carboxylic acids is 1. The van der Waals surface area contributed by atoms with Gasteiger partial charge in [-0.1, -0.05) is 24.3 Å². The van der Waals surface area contributed by atoms with Gasteiger partial charge >= 0.3 is 0 Å². The molecule has 0 aromatic heterocycles. The number of likely N-dealkylation sites (N-methyl/N-ethyl adjacent to an activating group) is 1. The van der Waals surface area contributed by atoms with Gasteiger partial charge in [-0.2, -0.15) is 0 Å². The van der Waals surface area contributed by atoms with Crippen molar-refractivity contribution in [2.45, 2.75) is 24.9 Å². The average molecular weight is 217 g/mol. The van der Waals surface area contributed by atoms with Gasteiger partial charge in [0.05, 0.1) is 5.92 Å². The van der Waals surface area contributed by atoms with Gasteiger partial charge in [-0.25, -0.2) is 0 Å². The second-order valence-electron chi connectivity index (χ2n) is 4.96. The summed E-state index contributed by atoms with van der Waals surface area (Å²) in [6.45, 7) is 1.96. The largest absolute Gasteiger partial charge is 0.336 e. The highest BCUT2D eigenvalue weighted by Gasteiger charge is 2.44. The normalized spacial score (nSPS) is 33.9. The van der Waals surface area contributed by atoms with Crippen molar-refractivity contribution in [3.63, 3.8) is 0 Å². The van der Waals surface area contributed by atoms with E-state index in [1.54, 1.807) is 0 Å². The molecule has 3 nitrogen and oxygen atoms in total. The summed E-state index contributed by atoms with van der Waals surface area (Å²) in [6, 6.07) is 1.05. The molecule has 0 spiro atoms. The molecule has 2 fully saturated rings. The van der Waals surface area contributed by atoms with Gasteiger partial charge < -0.3 is 4.90 Å². The van der Waals surface area contributed by atoms with E-state index in [2.05, 4.69) is 16.8 Å². The molecule has 85 valence electrons. The number of piperazine rings is 1. The molecule has 0 saturated carbocycles. The van der Waals surface area contributed by atoms with Gasteiger partial charge in [0, 0.05) is 25.2 Å². The summed E-state index contributed by atoms with van der Waals surface area (Å²) in [5.41, 5.74) is 0. The Labute approximate surface area is 96.4 Å². The topological polar surface area (TPSA) is 23.6 Å². The van der Waals surface area contributed by atoms with Crippen molar-refractivity contribution in [2.75, 3.05) is 20.1 Å². The first kappa shape index (κ1) is 10.1. The Kier molecular flexibility index (Phi) is 2.36. The molecule has 1 radical (unpaired) electrons. The Morgan fingerprint density at radius 1 is 1.31 bits per heavy atom. The highest BCUT2D eigenvalue weighted by Crippen LogP contribution is 2.31. The molecular formula is C13H17N2O. The maximum Gasteiger partial charge on any atom is 0.234 e. The third kappa shape index (κ3) is 1.50. The molecule has 2 unspecified atom stereocenters. The van der Waals surface area contributed by atoms with Crippen LogP contribution in [-0.2, 0) is 4.79 Å². The Morgan fingerprint density at radius 2 is 2.19 bits per heavy atom. The first-order chi connectivity index (χ1) is 7.75. The van der Waals surface area contributed by atoms with Crippen molar-refractivity contribution in [2.24, 2.45) is 0 Å². The number of allylic oxidation sites excluding steroid dienone is 3. The first-order valence-corrected chi connectivity index (χ1v) is 5.96. The zero-order valence-corrected chi connectivity index (χ0v) is 9.60.